The third-order valence-electron chi connectivity index (χ3n) is 4.81. The van der Waals surface area contributed by atoms with E-state index < -0.39 is 0 Å². The van der Waals surface area contributed by atoms with Gasteiger partial charge in [-0.2, -0.15) is 0 Å². The number of aromatic amines is 1. The maximum atomic E-state index is 3.65. The van der Waals surface area contributed by atoms with Crippen molar-refractivity contribution in [3.8, 4) is 0 Å². The van der Waals surface area contributed by atoms with Crippen molar-refractivity contribution in [2.75, 3.05) is 6.54 Å². The zero-order valence-corrected chi connectivity index (χ0v) is 13.3. The highest BCUT2D eigenvalue weighted by Crippen LogP contribution is 2.25. The summed E-state index contributed by atoms with van der Waals surface area (Å²) < 4.78 is 0. The van der Waals surface area contributed by atoms with Crippen molar-refractivity contribution in [1.82, 2.24) is 10.3 Å². The number of hydrogen-bond acceptors (Lipinski definition) is 1. The molecular formula is C21H22N2. The van der Waals surface area contributed by atoms with E-state index in [0.717, 1.165) is 19.4 Å². The molecule has 0 saturated heterocycles. The summed E-state index contributed by atoms with van der Waals surface area (Å²) in [6.07, 6.45) is 7.78. The molecule has 0 bridgehead atoms. The minimum atomic E-state index is 0.560. The molecular weight excluding hydrogens is 280 g/mol. The van der Waals surface area contributed by atoms with E-state index >= 15 is 0 Å². The zero-order valence-electron chi connectivity index (χ0n) is 13.3. The first-order valence-electron chi connectivity index (χ1n) is 8.43. The minimum absolute atomic E-state index is 0.560. The highest BCUT2D eigenvalue weighted by molar-refractivity contribution is 5.82. The number of rotatable bonds is 4. The van der Waals surface area contributed by atoms with Gasteiger partial charge in [0.25, 0.3) is 0 Å². The first-order valence-corrected chi connectivity index (χ1v) is 8.43. The molecule has 0 spiro atoms. The molecule has 1 unspecified atom stereocenters. The minimum Gasteiger partial charge on any atom is -0.361 e. The van der Waals surface area contributed by atoms with E-state index in [4.69, 9.17) is 0 Å². The molecule has 116 valence electrons. The van der Waals surface area contributed by atoms with E-state index in [1.807, 2.05) is 6.20 Å². The Labute approximate surface area is 137 Å². The molecule has 2 heterocycles. The first kappa shape index (κ1) is 14.3. The van der Waals surface area contributed by atoms with Gasteiger partial charge in [-0.3, -0.25) is 0 Å². The summed E-state index contributed by atoms with van der Waals surface area (Å²) in [7, 11) is 0. The van der Waals surface area contributed by atoms with Gasteiger partial charge in [0.1, 0.15) is 0 Å². The number of aromatic nitrogens is 1. The molecule has 2 aromatic carbocycles. The van der Waals surface area contributed by atoms with Gasteiger partial charge in [-0.15, -0.1) is 0 Å². The van der Waals surface area contributed by atoms with Gasteiger partial charge in [0.2, 0.25) is 0 Å². The Bertz CT molecular complexity index is 814. The van der Waals surface area contributed by atoms with E-state index in [0.29, 0.717) is 6.04 Å². The third kappa shape index (κ3) is 3.08. The van der Waals surface area contributed by atoms with Crippen LogP contribution in [0.1, 0.15) is 24.0 Å². The van der Waals surface area contributed by atoms with Crippen LogP contribution >= 0.6 is 0 Å². The first-order chi connectivity index (χ1) is 11.4. The van der Waals surface area contributed by atoms with Crippen LogP contribution in [0.5, 0.6) is 0 Å². The van der Waals surface area contributed by atoms with E-state index in [-0.39, 0.29) is 0 Å². The SMILES string of the molecule is C1=C(c2ccccc2)CC(CCc2cccc3[nH]ccc23)NC1. The Morgan fingerprint density at radius 3 is 2.78 bits per heavy atom. The van der Waals surface area contributed by atoms with Crippen LogP contribution in [0.2, 0.25) is 0 Å². The van der Waals surface area contributed by atoms with Crippen LogP contribution in [0, 0.1) is 0 Å². The second kappa shape index (κ2) is 6.43. The lowest BCUT2D eigenvalue weighted by atomic mass is 9.92. The predicted octanol–water partition coefficient (Wildman–Crippen LogP) is 4.55. The van der Waals surface area contributed by atoms with Crippen molar-refractivity contribution < 1.29 is 0 Å². The van der Waals surface area contributed by atoms with E-state index in [1.165, 1.54) is 34.0 Å². The molecule has 0 radical (unpaired) electrons. The molecule has 2 nitrogen and oxygen atoms in total. The van der Waals surface area contributed by atoms with Crippen molar-refractivity contribution >= 4 is 16.5 Å². The van der Waals surface area contributed by atoms with Gasteiger partial charge in [0.05, 0.1) is 0 Å². The lowest BCUT2D eigenvalue weighted by molar-refractivity contribution is 0.502. The molecule has 2 heteroatoms. The number of aryl methyl sites for hydroxylation is 1. The molecule has 0 aliphatic carbocycles. The molecule has 1 aliphatic rings. The van der Waals surface area contributed by atoms with Crippen LogP contribution in [0.4, 0.5) is 0 Å². The average molecular weight is 302 g/mol. The molecule has 23 heavy (non-hydrogen) atoms. The molecule has 2 N–H and O–H groups in total. The van der Waals surface area contributed by atoms with Crippen molar-refractivity contribution in [2.24, 2.45) is 0 Å². The van der Waals surface area contributed by atoms with Crippen molar-refractivity contribution in [3.63, 3.8) is 0 Å². The van der Waals surface area contributed by atoms with Crippen LogP contribution in [0.15, 0.2) is 66.9 Å². The molecule has 1 aromatic heterocycles. The summed E-state index contributed by atoms with van der Waals surface area (Å²) >= 11 is 0. The molecule has 1 aliphatic heterocycles. The standard InChI is InChI=1S/C21H22N2/c1-2-5-16(6-3-1)18-11-13-22-19(15-18)10-9-17-7-4-8-21-20(17)12-14-23-21/h1-8,11-12,14,19,22-23H,9-10,13,15H2. The molecule has 0 amide bonds. The summed E-state index contributed by atoms with van der Waals surface area (Å²) in [5.41, 5.74) is 5.53. The van der Waals surface area contributed by atoms with E-state index in [2.05, 4.69) is 71.0 Å². The zero-order chi connectivity index (χ0) is 15.5. The molecule has 1 atom stereocenters. The van der Waals surface area contributed by atoms with Gasteiger partial charge in [-0.25, -0.2) is 0 Å². The van der Waals surface area contributed by atoms with Crippen LogP contribution < -0.4 is 5.32 Å². The van der Waals surface area contributed by atoms with Crippen LogP contribution in [-0.4, -0.2) is 17.6 Å². The van der Waals surface area contributed by atoms with Crippen LogP contribution in [0.3, 0.4) is 0 Å². The fourth-order valence-corrected chi connectivity index (χ4v) is 3.56. The highest BCUT2D eigenvalue weighted by Gasteiger charge is 2.16. The summed E-state index contributed by atoms with van der Waals surface area (Å²) in [6.45, 7) is 0.975. The molecule has 0 saturated carbocycles. The Balaban J connectivity index is 1.44. The van der Waals surface area contributed by atoms with Gasteiger partial charge >= 0.3 is 0 Å². The largest absolute Gasteiger partial charge is 0.361 e. The number of H-pyrrole nitrogens is 1. The Hall–Kier alpha value is -2.32. The fourth-order valence-electron chi connectivity index (χ4n) is 3.56. The summed E-state index contributed by atoms with van der Waals surface area (Å²) in [5.74, 6) is 0. The number of benzene rings is 2. The second-order valence-corrected chi connectivity index (χ2v) is 6.30. The second-order valence-electron chi connectivity index (χ2n) is 6.30. The smallest absolute Gasteiger partial charge is 0.0456 e. The quantitative estimate of drug-likeness (QED) is 0.727. The number of hydrogen-bond donors (Lipinski definition) is 2. The number of fused-ring (bicyclic) bond motifs is 1. The van der Waals surface area contributed by atoms with Crippen LogP contribution in [-0.2, 0) is 6.42 Å². The van der Waals surface area contributed by atoms with Crippen LogP contribution in [0.25, 0.3) is 16.5 Å². The topological polar surface area (TPSA) is 27.8 Å². The Morgan fingerprint density at radius 2 is 1.87 bits per heavy atom. The molecule has 3 aromatic rings. The maximum absolute atomic E-state index is 3.65. The average Bonchev–Trinajstić information content (AvgIpc) is 3.10. The normalized spacial score (nSPS) is 18.1. The predicted molar refractivity (Wildman–Crippen MR) is 97.4 cm³/mol. The third-order valence-corrected chi connectivity index (χ3v) is 4.81. The summed E-state index contributed by atoms with van der Waals surface area (Å²) in [6, 6.07) is 20.1. The van der Waals surface area contributed by atoms with Gasteiger partial charge < -0.3 is 10.3 Å². The fraction of sp³-hybridized carbons (Fsp3) is 0.238. The van der Waals surface area contributed by atoms with E-state index in [1.54, 1.807) is 0 Å². The van der Waals surface area contributed by atoms with Gasteiger partial charge in [0, 0.05) is 29.7 Å². The van der Waals surface area contributed by atoms with Crippen molar-refractivity contribution in [2.45, 2.75) is 25.3 Å². The monoisotopic (exact) mass is 302 g/mol. The Kier molecular flexibility index (Phi) is 3.99. The van der Waals surface area contributed by atoms with Gasteiger partial charge in [0.15, 0.2) is 0 Å². The summed E-state index contributed by atoms with van der Waals surface area (Å²) in [5, 5.41) is 5.01. The molecule has 4 rings (SSSR count). The van der Waals surface area contributed by atoms with Gasteiger partial charge in [-0.05, 0) is 48.1 Å². The highest BCUT2D eigenvalue weighted by atomic mass is 14.9. The number of nitrogens with one attached hydrogen (secondary N) is 2. The van der Waals surface area contributed by atoms with E-state index in [9.17, 15) is 0 Å². The lowest BCUT2D eigenvalue weighted by Gasteiger charge is -2.24. The molecule has 0 fully saturated rings. The maximum Gasteiger partial charge on any atom is 0.0456 e. The Morgan fingerprint density at radius 1 is 0.957 bits per heavy atom. The van der Waals surface area contributed by atoms with Gasteiger partial charge in [-0.1, -0.05) is 48.5 Å². The van der Waals surface area contributed by atoms with Crippen molar-refractivity contribution in [3.05, 3.63) is 78.0 Å². The summed E-state index contributed by atoms with van der Waals surface area (Å²) in [4.78, 5) is 3.30. The van der Waals surface area contributed by atoms with Crippen molar-refractivity contribution in [1.29, 1.82) is 0 Å². The lowest BCUT2D eigenvalue weighted by Crippen LogP contribution is -2.33.